The zero-order chi connectivity index (χ0) is 21.8. The SMILES string of the molecule is CCN(CC)C(CNC(=O)C1c2ccccc2Oc2ccccc21)c1ccccc1Cl. The molecule has 0 saturated carbocycles. The number of hydrogen-bond acceptors (Lipinski definition) is 3. The minimum Gasteiger partial charge on any atom is -0.457 e. The van der Waals surface area contributed by atoms with Gasteiger partial charge in [0.2, 0.25) is 5.91 Å². The first-order chi connectivity index (χ1) is 15.1. The van der Waals surface area contributed by atoms with E-state index < -0.39 is 5.92 Å². The first kappa shape index (κ1) is 21.4. The van der Waals surface area contributed by atoms with Crippen LogP contribution in [-0.4, -0.2) is 30.4 Å². The van der Waals surface area contributed by atoms with Crippen LogP contribution in [0.1, 0.15) is 42.5 Å². The Morgan fingerprint density at radius 3 is 2.06 bits per heavy atom. The summed E-state index contributed by atoms with van der Waals surface area (Å²) in [5.74, 6) is 1.01. The van der Waals surface area contributed by atoms with Crippen molar-refractivity contribution < 1.29 is 9.53 Å². The summed E-state index contributed by atoms with van der Waals surface area (Å²) in [6.45, 7) is 6.46. The summed E-state index contributed by atoms with van der Waals surface area (Å²) >= 11 is 6.52. The zero-order valence-corrected chi connectivity index (χ0v) is 18.6. The fraction of sp³-hybridized carbons (Fsp3) is 0.269. The van der Waals surface area contributed by atoms with E-state index in [0.717, 1.165) is 46.3 Å². The number of nitrogens with zero attached hydrogens (tertiary/aromatic N) is 1. The molecule has 31 heavy (non-hydrogen) atoms. The number of halogens is 1. The Labute approximate surface area is 188 Å². The molecule has 0 saturated heterocycles. The van der Waals surface area contributed by atoms with Crippen molar-refractivity contribution >= 4 is 17.5 Å². The molecule has 1 aliphatic heterocycles. The number of carbonyl (C=O) groups excluding carboxylic acids is 1. The molecule has 1 aliphatic rings. The second kappa shape index (κ2) is 9.54. The van der Waals surface area contributed by atoms with Crippen LogP contribution in [0.5, 0.6) is 11.5 Å². The molecule has 4 rings (SSSR count). The van der Waals surface area contributed by atoms with Gasteiger partial charge < -0.3 is 10.1 Å². The minimum absolute atomic E-state index is 0.00187. The number of rotatable bonds is 7. The molecule has 3 aromatic rings. The highest BCUT2D eigenvalue weighted by Gasteiger charge is 2.33. The van der Waals surface area contributed by atoms with Crippen LogP contribution in [0, 0.1) is 0 Å². The molecule has 0 radical (unpaired) electrons. The molecule has 0 spiro atoms. The van der Waals surface area contributed by atoms with Crippen molar-refractivity contribution in [2.24, 2.45) is 0 Å². The lowest BCUT2D eigenvalue weighted by atomic mass is 9.87. The van der Waals surface area contributed by atoms with Crippen LogP contribution in [-0.2, 0) is 4.79 Å². The maximum atomic E-state index is 13.5. The minimum atomic E-state index is -0.412. The Balaban J connectivity index is 1.62. The zero-order valence-electron chi connectivity index (χ0n) is 17.8. The molecule has 1 atom stereocenters. The largest absolute Gasteiger partial charge is 0.457 e. The Morgan fingerprint density at radius 1 is 0.935 bits per heavy atom. The van der Waals surface area contributed by atoms with Gasteiger partial charge in [-0.3, -0.25) is 9.69 Å². The molecule has 1 heterocycles. The molecule has 0 aromatic heterocycles. The topological polar surface area (TPSA) is 41.6 Å². The van der Waals surface area contributed by atoms with Gasteiger partial charge in [0, 0.05) is 22.7 Å². The van der Waals surface area contributed by atoms with Gasteiger partial charge in [-0.1, -0.05) is 80.0 Å². The number of amides is 1. The average Bonchev–Trinajstić information content (AvgIpc) is 2.80. The predicted octanol–water partition coefficient (Wildman–Crippen LogP) is 5.78. The number of nitrogens with one attached hydrogen (secondary N) is 1. The third kappa shape index (κ3) is 4.32. The maximum Gasteiger partial charge on any atom is 0.232 e. The lowest BCUT2D eigenvalue weighted by molar-refractivity contribution is -0.122. The Bertz CT molecular complexity index is 1020. The molecule has 160 valence electrons. The summed E-state index contributed by atoms with van der Waals surface area (Å²) in [4.78, 5) is 15.8. The van der Waals surface area contributed by atoms with Gasteiger partial charge in [-0.15, -0.1) is 0 Å². The third-order valence-electron chi connectivity index (χ3n) is 5.93. The van der Waals surface area contributed by atoms with E-state index in [1.807, 2.05) is 72.8 Å². The first-order valence-corrected chi connectivity index (χ1v) is 11.1. The fourth-order valence-electron chi connectivity index (χ4n) is 4.34. The smallest absolute Gasteiger partial charge is 0.232 e. The van der Waals surface area contributed by atoms with Crippen LogP contribution in [0.3, 0.4) is 0 Å². The summed E-state index contributed by atoms with van der Waals surface area (Å²) in [5, 5.41) is 3.93. The summed E-state index contributed by atoms with van der Waals surface area (Å²) in [6, 6.07) is 23.3. The van der Waals surface area contributed by atoms with E-state index in [9.17, 15) is 4.79 Å². The monoisotopic (exact) mass is 434 g/mol. The van der Waals surface area contributed by atoms with Gasteiger partial charge >= 0.3 is 0 Å². The van der Waals surface area contributed by atoms with E-state index in [2.05, 4.69) is 24.1 Å². The Hall–Kier alpha value is -2.82. The van der Waals surface area contributed by atoms with E-state index in [0.29, 0.717) is 6.54 Å². The second-order valence-electron chi connectivity index (χ2n) is 7.61. The standard InChI is InChI=1S/C26H27ClN2O2/c1-3-29(4-2)22(18-11-5-8-14-21(18)27)17-28-26(30)25-19-12-6-9-15-23(19)31-24-16-10-7-13-20(24)25/h5-16,22,25H,3-4,17H2,1-2H3,(H,28,30). The normalized spacial score (nSPS) is 13.8. The fourth-order valence-corrected chi connectivity index (χ4v) is 4.60. The molecule has 3 aromatic carbocycles. The molecule has 1 unspecified atom stereocenters. The molecule has 5 heteroatoms. The quantitative estimate of drug-likeness (QED) is 0.512. The van der Waals surface area contributed by atoms with Crippen molar-refractivity contribution in [1.82, 2.24) is 10.2 Å². The van der Waals surface area contributed by atoms with Crippen LogP contribution in [0.2, 0.25) is 5.02 Å². The highest BCUT2D eigenvalue weighted by atomic mass is 35.5. The van der Waals surface area contributed by atoms with E-state index in [-0.39, 0.29) is 11.9 Å². The van der Waals surface area contributed by atoms with E-state index in [1.54, 1.807) is 0 Å². The van der Waals surface area contributed by atoms with E-state index in [4.69, 9.17) is 16.3 Å². The number of hydrogen-bond donors (Lipinski definition) is 1. The van der Waals surface area contributed by atoms with E-state index in [1.165, 1.54) is 0 Å². The Morgan fingerprint density at radius 2 is 1.48 bits per heavy atom. The van der Waals surface area contributed by atoms with Crippen molar-refractivity contribution in [2.45, 2.75) is 25.8 Å². The Kier molecular flexibility index (Phi) is 6.59. The van der Waals surface area contributed by atoms with Gasteiger partial charge in [0.15, 0.2) is 0 Å². The molecule has 4 nitrogen and oxygen atoms in total. The number of para-hydroxylation sites is 2. The summed E-state index contributed by atoms with van der Waals surface area (Å²) < 4.78 is 6.04. The maximum absolute atomic E-state index is 13.5. The van der Waals surface area contributed by atoms with Gasteiger partial charge in [-0.05, 0) is 36.9 Å². The number of ether oxygens (including phenoxy) is 1. The summed E-state index contributed by atoms with van der Waals surface area (Å²) in [7, 11) is 0. The van der Waals surface area contributed by atoms with Crippen LogP contribution in [0.15, 0.2) is 72.8 Å². The van der Waals surface area contributed by atoms with Crippen molar-refractivity contribution in [3.63, 3.8) is 0 Å². The molecule has 1 N–H and O–H groups in total. The first-order valence-electron chi connectivity index (χ1n) is 10.8. The van der Waals surface area contributed by atoms with Crippen LogP contribution >= 0.6 is 11.6 Å². The average molecular weight is 435 g/mol. The van der Waals surface area contributed by atoms with Gasteiger partial charge in [0.25, 0.3) is 0 Å². The predicted molar refractivity (Wildman–Crippen MR) is 125 cm³/mol. The lowest BCUT2D eigenvalue weighted by Crippen LogP contribution is -2.40. The highest BCUT2D eigenvalue weighted by molar-refractivity contribution is 6.31. The van der Waals surface area contributed by atoms with Gasteiger partial charge in [-0.25, -0.2) is 0 Å². The second-order valence-corrected chi connectivity index (χ2v) is 8.02. The summed E-state index contributed by atoms with van der Waals surface area (Å²) in [5.41, 5.74) is 2.80. The van der Waals surface area contributed by atoms with Crippen molar-refractivity contribution in [3.8, 4) is 11.5 Å². The summed E-state index contributed by atoms with van der Waals surface area (Å²) in [6.07, 6.45) is 0. The molecule has 1 amide bonds. The van der Waals surface area contributed by atoms with Crippen molar-refractivity contribution in [1.29, 1.82) is 0 Å². The van der Waals surface area contributed by atoms with Crippen molar-refractivity contribution in [2.75, 3.05) is 19.6 Å². The third-order valence-corrected chi connectivity index (χ3v) is 6.27. The van der Waals surface area contributed by atoms with Crippen molar-refractivity contribution in [3.05, 3.63) is 94.5 Å². The number of fused-ring (bicyclic) bond motifs is 2. The molecule has 0 fully saturated rings. The van der Waals surface area contributed by atoms with Crippen LogP contribution < -0.4 is 10.1 Å². The number of carbonyl (C=O) groups is 1. The van der Waals surface area contributed by atoms with Gasteiger partial charge in [0.05, 0.1) is 12.0 Å². The molecular weight excluding hydrogens is 408 g/mol. The number of likely N-dealkylation sites (N-methyl/N-ethyl adjacent to an activating group) is 1. The highest BCUT2D eigenvalue weighted by Crippen LogP contribution is 2.44. The molecule has 0 aliphatic carbocycles. The van der Waals surface area contributed by atoms with Gasteiger partial charge in [0.1, 0.15) is 11.5 Å². The van der Waals surface area contributed by atoms with Gasteiger partial charge in [-0.2, -0.15) is 0 Å². The van der Waals surface area contributed by atoms with Crippen LogP contribution in [0.25, 0.3) is 0 Å². The molecule has 0 bridgehead atoms. The number of benzene rings is 3. The molecular formula is C26H27ClN2O2. The van der Waals surface area contributed by atoms with E-state index >= 15 is 0 Å². The van der Waals surface area contributed by atoms with Crippen LogP contribution in [0.4, 0.5) is 0 Å². The lowest BCUT2D eigenvalue weighted by Gasteiger charge is -2.32.